The Balaban J connectivity index is 1.67. The zero-order chi connectivity index (χ0) is 18.0. The van der Waals surface area contributed by atoms with Gasteiger partial charge >= 0.3 is 6.18 Å². The number of carbonyl (C=O) groups excluding carboxylic acids is 1. The van der Waals surface area contributed by atoms with Gasteiger partial charge in [0.05, 0.1) is 6.04 Å². The molecule has 2 aliphatic rings. The molecule has 0 spiro atoms. The Kier molecular flexibility index (Phi) is 4.98. The number of nitrogens with two attached hydrogens (primary N) is 1. The maximum absolute atomic E-state index is 12.3. The monoisotopic (exact) mass is 359 g/mol. The molecular formula is C15H20F3N5O2. The average Bonchev–Trinajstić information content (AvgIpc) is 2.95. The maximum Gasteiger partial charge on any atom is 0.422 e. The first-order chi connectivity index (χ1) is 11.8. The number of rotatable bonds is 4. The molecule has 7 nitrogen and oxygen atoms in total. The van der Waals surface area contributed by atoms with Gasteiger partial charge in [-0.3, -0.25) is 4.79 Å². The van der Waals surface area contributed by atoms with Crippen LogP contribution in [0.2, 0.25) is 0 Å². The smallest absolute Gasteiger partial charge is 0.422 e. The Morgan fingerprint density at radius 2 is 2.08 bits per heavy atom. The number of aromatic nitrogens is 2. The van der Waals surface area contributed by atoms with Crippen LogP contribution in [0.3, 0.4) is 0 Å². The Labute approximate surface area is 143 Å². The third-order valence-electron chi connectivity index (χ3n) is 4.43. The molecule has 0 radical (unpaired) electrons. The van der Waals surface area contributed by atoms with E-state index in [4.69, 9.17) is 5.73 Å². The van der Waals surface area contributed by atoms with Crippen molar-refractivity contribution in [1.29, 1.82) is 0 Å². The highest BCUT2D eigenvalue weighted by atomic mass is 19.4. The van der Waals surface area contributed by atoms with Crippen LogP contribution >= 0.6 is 0 Å². The molecule has 0 bridgehead atoms. The maximum atomic E-state index is 12.3. The highest BCUT2D eigenvalue weighted by Crippen LogP contribution is 2.26. The number of alkyl halides is 3. The molecule has 2 atom stereocenters. The van der Waals surface area contributed by atoms with Crippen LogP contribution in [-0.2, 0) is 4.79 Å². The fourth-order valence-corrected chi connectivity index (χ4v) is 3.24. The third kappa shape index (κ3) is 4.30. The van der Waals surface area contributed by atoms with Crippen molar-refractivity contribution in [2.45, 2.75) is 37.5 Å². The summed E-state index contributed by atoms with van der Waals surface area (Å²) in [6, 6.07) is 0.998. The van der Waals surface area contributed by atoms with Crippen molar-refractivity contribution in [1.82, 2.24) is 14.9 Å². The van der Waals surface area contributed by atoms with Gasteiger partial charge in [0.25, 0.3) is 0 Å². The molecule has 1 amide bonds. The quantitative estimate of drug-likeness (QED) is 0.862. The summed E-state index contributed by atoms with van der Waals surface area (Å²) in [6.45, 7) is 0.232. The number of hydrogen-bond donors (Lipinski definition) is 1. The van der Waals surface area contributed by atoms with Crippen LogP contribution < -0.4 is 15.4 Å². The lowest BCUT2D eigenvalue weighted by Gasteiger charge is -2.34. The second-order valence-corrected chi connectivity index (χ2v) is 6.30. The number of carbonyl (C=O) groups is 1. The van der Waals surface area contributed by atoms with Crippen molar-refractivity contribution in [2.75, 3.05) is 31.1 Å². The average molecular weight is 359 g/mol. The van der Waals surface area contributed by atoms with Gasteiger partial charge in [0.15, 0.2) is 6.61 Å². The van der Waals surface area contributed by atoms with Gasteiger partial charge in [0.2, 0.25) is 11.8 Å². The predicted octanol–water partition coefficient (Wildman–Crippen LogP) is 0.946. The molecule has 0 unspecified atom stereocenters. The molecule has 2 aliphatic heterocycles. The lowest BCUT2D eigenvalue weighted by Crippen LogP contribution is -2.51. The van der Waals surface area contributed by atoms with Crippen LogP contribution in [0.15, 0.2) is 12.4 Å². The summed E-state index contributed by atoms with van der Waals surface area (Å²) < 4.78 is 41.4. The van der Waals surface area contributed by atoms with Crippen LogP contribution in [0.1, 0.15) is 19.3 Å². The number of anilines is 1. The number of likely N-dealkylation sites (tertiary alicyclic amines) is 1. The predicted molar refractivity (Wildman–Crippen MR) is 83.1 cm³/mol. The standard InChI is InChI=1S/C15H20F3N5O2/c16-15(17,18)8-25-13-5-12(20-9-21-13)22-6-10(19)11(7-22)23-4-2-1-3-14(23)24/h5,9-11H,1-4,6-8,19H2/t10-,11-/m0/s1. The van der Waals surface area contributed by atoms with E-state index in [1.165, 1.54) is 6.07 Å². The minimum absolute atomic E-state index is 0.102. The molecule has 25 heavy (non-hydrogen) atoms. The topological polar surface area (TPSA) is 84.6 Å². The van der Waals surface area contributed by atoms with Crippen molar-refractivity contribution in [3.63, 3.8) is 0 Å². The van der Waals surface area contributed by atoms with Gasteiger partial charge in [0.1, 0.15) is 12.1 Å². The number of amides is 1. The largest absolute Gasteiger partial charge is 0.468 e. The zero-order valence-electron chi connectivity index (χ0n) is 13.6. The number of halogens is 3. The van der Waals surface area contributed by atoms with E-state index in [0.717, 1.165) is 19.2 Å². The summed E-state index contributed by atoms with van der Waals surface area (Å²) >= 11 is 0. The normalized spacial score (nSPS) is 24.7. The SMILES string of the molecule is N[C@H]1CN(c2cc(OCC(F)(F)F)ncn2)C[C@@H]1N1CCCCC1=O. The minimum atomic E-state index is -4.43. The third-order valence-corrected chi connectivity index (χ3v) is 4.43. The molecule has 1 aromatic heterocycles. The van der Waals surface area contributed by atoms with Crippen molar-refractivity contribution in [3.8, 4) is 5.88 Å². The fraction of sp³-hybridized carbons (Fsp3) is 0.667. The Bertz CT molecular complexity index is 627. The van der Waals surface area contributed by atoms with Crippen molar-refractivity contribution in [2.24, 2.45) is 5.73 Å². The summed E-state index contributed by atoms with van der Waals surface area (Å²) in [4.78, 5) is 23.6. The van der Waals surface area contributed by atoms with Gasteiger partial charge < -0.3 is 20.3 Å². The second kappa shape index (κ2) is 7.03. The van der Waals surface area contributed by atoms with Crippen molar-refractivity contribution >= 4 is 11.7 Å². The van der Waals surface area contributed by atoms with Crippen molar-refractivity contribution < 1.29 is 22.7 Å². The first-order valence-electron chi connectivity index (χ1n) is 8.15. The lowest BCUT2D eigenvalue weighted by molar-refractivity contribution is -0.154. The van der Waals surface area contributed by atoms with Crippen molar-refractivity contribution in [3.05, 3.63) is 12.4 Å². The molecule has 3 rings (SSSR count). The summed E-state index contributed by atoms with van der Waals surface area (Å²) in [7, 11) is 0. The number of piperidine rings is 1. The molecular weight excluding hydrogens is 339 g/mol. The van der Waals surface area contributed by atoms with Crippen LogP contribution in [0.4, 0.5) is 19.0 Å². The molecule has 138 valence electrons. The van der Waals surface area contributed by atoms with Gasteiger partial charge in [-0.05, 0) is 12.8 Å². The highest BCUT2D eigenvalue weighted by molar-refractivity contribution is 5.77. The highest BCUT2D eigenvalue weighted by Gasteiger charge is 2.38. The Morgan fingerprint density at radius 3 is 2.80 bits per heavy atom. The van der Waals surface area contributed by atoms with Crippen LogP contribution in [0.5, 0.6) is 5.88 Å². The van der Waals surface area contributed by atoms with E-state index in [1.807, 2.05) is 9.80 Å². The molecule has 2 fully saturated rings. The molecule has 1 aromatic rings. The molecule has 0 saturated carbocycles. The lowest BCUT2D eigenvalue weighted by atomic mass is 10.1. The van der Waals surface area contributed by atoms with E-state index in [9.17, 15) is 18.0 Å². The van der Waals surface area contributed by atoms with Gasteiger partial charge in [0, 0.05) is 38.2 Å². The van der Waals surface area contributed by atoms with Gasteiger partial charge in [-0.25, -0.2) is 9.97 Å². The molecule has 3 heterocycles. The van der Waals surface area contributed by atoms with Crippen LogP contribution in [-0.4, -0.2) is 65.3 Å². The van der Waals surface area contributed by atoms with E-state index < -0.39 is 12.8 Å². The molecule has 2 N–H and O–H groups in total. The second-order valence-electron chi connectivity index (χ2n) is 6.30. The van der Waals surface area contributed by atoms with E-state index in [0.29, 0.717) is 31.9 Å². The zero-order valence-corrected chi connectivity index (χ0v) is 13.6. The van der Waals surface area contributed by atoms with Gasteiger partial charge in [-0.1, -0.05) is 0 Å². The van der Waals surface area contributed by atoms with E-state index in [1.54, 1.807) is 0 Å². The summed E-state index contributed by atoms with van der Waals surface area (Å²) in [5, 5.41) is 0. The van der Waals surface area contributed by atoms with E-state index >= 15 is 0 Å². The first kappa shape index (κ1) is 17.7. The van der Waals surface area contributed by atoms with Crippen LogP contribution in [0.25, 0.3) is 0 Å². The number of nitrogens with zero attached hydrogens (tertiary/aromatic N) is 4. The molecule has 10 heteroatoms. The number of ether oxygens (including phenoxy) is 1. The van der Waals surface area contributed by atoms with Gasteiger partial charge in [-0.2, -0.15) is 13.2 Å². The summed E-state index contributed by atoms with van der Waals surface area (Å²) in [5.74, 6) is 0.397. The molecule has 2 saturated heterocycles. The Morgan fingerprint density at radius 1 is 1.28 bits per heavy atom. The molecule has 0 aliphatic carbocycles. The van der Waals surface area contributed by atoms with E-state index in [2.05, 4.69) is 14.7 Å². The molecule has 0 aromatic carbocycles. The first-order valence-corrected chi connectivity index (χ1v) is 8.15. The fourth-order valence-electron chi connectivity index (χ4n) is 3.24. The van der Waals surface area contributed by atoms with E-state index in [-0.39, 0.29) is 23.9 Å². The van der Waals surface area contributed by atoms with Crippen LogP contribution in [0, 0.1) is 0 Å². The minimum Gasteiger partial charge on any atom is -0.468 e. The summed E-state index contributed by atoms with van der Waals surface area (Å²) in [5.41, 5.74) is 6.19. The summed E-state index contributed by atoms with van der Waals surface area (Å²) in [6.07, 6.45) is -0.885. The van der Waals surface area contributed by atoms with Gasteiger partial charge in [-0.15, -0.1) is 0 Å². The Hall–Kier alpha value is -2.10. The number of hydrogen-bond acceptors (Lipinski definition) is 6.